The second-order valence-electron chi connectivity index (χ2n) is 5.58. The van der Waals surface area contributed by atoms with E-state index >= 15 is 0 Å². The van der Waals surface area contributed by atoms with Crippen molar-refractivity contribution in [2.45, 2.75) is 46.0 Å². The summed E-state index contributed by atoms with van der Waals surface area (Å²) in [6.45, 7) is 5.64. The van der Waals surface area contributed by atoms with Crippen molar-refractivity contribution in [3.63, 3.8) is 0 Å². The summed E-state index contributed by atoms with van der Waals surface area (Å²) in [4.78, 5) is 23.4. The van der Waals surface area contributed by atoms with Crippen molar-refractivity contribution in [1.82, 2.24) is 0 Å². The van der Waals surface area contributed by atoms with Gasteiger partial charge in [0, 0.05) is 18.9 Å². The Balaban J connectivity index is 2.48. The molecule has 5 nitrogen and oxygen atoms in total. The molecule has 5 heteroatoms. The zero-order valence-corrected chi connectivity index (χ0v) is 13.3. The number of hydrogen-bond donors (Lipinski definition) is 2. The standard InChI is InChI=1S/C17H24O5/c1-4-22-17(21)12(3)9-13(18)6-5-11(2)15-8-7-14(19)10-16(15)20/h7-8,10-12,19-20H,4-6,9H2,1-3H3/t11?,12-/m0/s1. The van der Waals surface area contributed by atoms with E-state index in [0.717, 1.165) is 0 Å². The van der Waals surface area contributed by atoms with E-state index in [0.29, 0.717) is 25.0 Å². The Bertz CT molecular complexity index is 524. The van der Waals surface area contributed by atoms with Gasteiger partial charge in [0.2, 0.25) is 0 Å². The van der Waals surface area contributed by atoms with Crippen LogP contribution in [0.3, 0.4) is 0 Å². The molecule has 122 valence electrons. The fourth-order valence-electron chi connectivity index (χ4n) is 2.29. The van der Waals surface area contributed by atoms with Crippen LogP contribution in [0.15, 0.2) is 18.2 Å². The van der Waals surface area contributed by atoms with E-state index in [4.69, 9.17) is 4.74 Å². The number of carbonyl (C=O) groups excluding carboxylic acids is 2. The molecule has 1 unspecified atom stereocenters. The lowest BCUT2D eigenvalue weighted by atomic mass is 9.92. The summed E-state index contributed by atoms with van der Waals surface area (Å²) in [5.74, 6) is -0.745. The average Bonchev–Trinajstić information content (AvgIpc) is 2.45. The molecule has 0 amide bonds. The van der Waals surface area contributed by atoms with Crippen LogP contribution in [0, 0.1) is 5.92 Å². The molecule has 0 aliphatic heterocycles. The summed E-state index contributed by atoms with van der Waals surface area (Å²) in [6, 6.07) is 4.45. The first-order valence-electron chi connectivity index (χ1n) is 7.55. The van der Waals surface area contributed by atoms with Gasteiger partial charge in [0.15, 0.2) is 0 Å². The molecule has 22 heavy (non-hydrogen) atoms. The van der Waals surface area contributed by atoms with E-state index < -0.39 is 5.92 Å². The maximum Gasteiger partial charge on any atom is 0.309 e. The fourth-order valence-corrected chi connectivity index (χ4v) is 2.29. The summed E-state index contributed by atoms with van der Waals surface area (Å²) in [7, 11) is 0. The molecule has 2 N–H and O–H groups in total. The molecule has 0 fully saturated rings. The largest absolute Gasteiger partial charge is 0.508 e. The minimum absolute atomic E-state index is 0.00525. The van der Waals surface area contributed by atoms with Crippen LogP contribution in [0.1, 0.15) is 51.5 Å². The van der Waals surface area contributed by atoms with Crippen LogP contribution in [0.5, 0.6) is 11.5 Å². The number of benzene rings is 1. The number of ether oxygens (including phenoxy) is 1. The number of esters is 1. The van der Waals surface area contributed by atoms with Gasteiger partial charge in [0.25, 0.3) is 0 Å². The van der Waals surface area contributed by atoms with Gasteiger partial charge in [-0.05, 0) is 30.9 Å². The highest BCUT2D eigenvalue weighted by molar-refractivity contribution is 5.84. The third kappa shape index (κ3) is 5.39. The molecule has 0 bridgehead atoms. The second-order valence-corrected chi connectivity index (χ2v) is 5.58. The highest BCUT2D eigenvalue weighted by Crippen LogP contribution is 2.31. The number of rotatable bonds is 8. The van der Waals surface area contributed by atoms with Crippen molar-refractivity contribution in [1.29, 1.82) is 0 Å². The minimum atomic E-state index is -0.426. The van der Waals surface area contributed by atoms with Crippen molar-refractivity contribution in [2.75, 3.05) is 6.61 Å². The zero-order chi connectivity index (χ0) is 16.7. The molecular weight excluding hydrogens is 284 g/mol. The molecule has 0 aliphatic carbocycles. The van der Waals surface area contributed by atoms with Gasteiger partial charge >= 0.3 is 5.97 Å². The summed E-state index contributed by atoms with van der Waals surface area (Å²) in [5, 5.41) is 19.1. The van der Waals surface area contributed by atoms with Gasteiger partial charge in [-0.3, -0.25) is 9.59 Å². The van der Waals surface area contributed by atoms with Crippen LogP contribution >= 0.6 is 0 Å². The molecular formula is C17H24O5. The molecule has 1 aromatic carbocycles. The lowest BCUT2D eigenvalue weighted by Crippen LogP contribution is -2.18. The summed E-state index contributed by atoms with van der Waals surface area (Å²) >= 11 is 0. The summed E-state index contributed by atoms with van der Waals surface area (Å²) in [5.41, 5.74) is 0.698. The number of phenols is 2. The van der Waals surface area contributed by atoms with E-state index in [-0.39, 0.29) is 35.6 Å². The van der Waals surface area contributed by atoms with Crippen molar-refractivity contribution in [2.24, 2.45) is 5.92 Å². The Kier molecular flexibility index (Phi) is 6.89. The first kappa shape index (κ1) is 18.0. The normalized spacial score (nSPS) is 13.4. The Morgan fingerprint density at radius 2 is 1.91 bits per heavy atom. The molecule has 1 rings (SSSR count). The Hall–Kier alpha value is -2.04. The number of Topliss-reactive ketones (excluding diaryl/α,β-unsaturated/α-hetero) is 1. The lowest BCUT2D eigenvalue weighted by Gasteiger charge is -2.14. The van der Waals surface area contributed by atoms with E-state index in [2.05, 4.69) is 0 Å². The van der Waals surface area contributed by atoms with Gasteiger partial charge in [-0.2, -0.15) is 0 Å². The van der Waals surface area contributed by atoms with Crippen LogP contribution in [0.25, 0.3) is 0 Å². The Labute approximate surface area is 130 Å². The Morgan fingerprint density at radius 3 is 2.50 bits per heavy atom. The quantitative estimate of drug-likeness (QED) is 0.721. The summed E-state index contributed by atoms with van der Waals surface area (Å²) < 4.78 is 4.88. The number of carbonyl (C=O) groups is 2. The molecule has 1 aromatic rings. The maximum absolute atomic E-state index is 11.9. The van der Waals surface area contributed by atoms with Crippen LogP contribution in [-0.4, -0.2) is 28.6 Å². The lowest BCUT2D eigenvalue weighted by molar-refractivity contribution is -0.148. The highest BCUT2D eigenvalue weighted by atomic mass is 16.5. The second kappa shape index (κ2) is 8.41. The van der Waals surface area contributed by atoms with Crippen molar-refractivity contribution in [3.05, 3.63) is 23.8 Å². The number of phenolic OH excluding ortho intramolecular Hbond substituents is 2. The molecule has 0 spiro atoms. The molecule has 2 atom stereocenters. The third-order valence-corrected chi connectivity index (χ3v) is 3.62. The predicted molar refractivity (Wildman–Crippen MR) is 82.8 cm³/mol. The van der Waals surface area contributed by atoms with Gasteiger partial charge in [-0.15, -0.1) is 0 Å². The molecule has 0 aliphatic rings. The molecule has 0 saturated carbocycles. The van der Waals surface area contributed by atoms with E-state index in [1.54, 1.807) is 19.9 Å². The van der Waals surface area contributed by atoms with Crippen molar-refractivity contribution >= 4 is 11.8 Å². The van der Waals surface area contributed by atoms with Gasteiger partial charge in [0.05, 0.1) is 12.5 Å². The van der Waals surface area contributed by atoms with E-state index in [1.807, 2.05) is 6.92 Å². The summed E-state index contributed by atoms with van der Waals surface area (Å²) in [6.07, 6.45) is 1.09. The highest BCUT2D eigenvalue weighted by Gasteiger charge is 2.19. The molecule has 0 radical (unpaired) electrons. The minimum Gasteiger partial charge on any atom is -0.508 e. The first-order chi connectivity index (χ1) is 10.3. The smallest absolute Gasteiger partial charge is 0.309 e. The van der Waals surface area contributed by atoms with Crippen molar-refractivity contribution < 1.29 is 24.5 Å². The fraction of sp³-hybridized carbons (Fsp3) is 0.529. The van der Waals surface area contributed by atoms with E-state index in [1.165, 1.54) is 12.1 Å². The molecule has 0 saturated heterocycles. The number of ketones is 1. The van der Waals surface area contributed by atoms with Crippen molar-refractivity contribution in [3.8, 4) is 11.5 Å². The molecule has 0 aromatic heterocycles. The number of aromatic hydroxyl groups is 2. The first-order valence-corrected chi connectivity index (χ1v) is 7.55. The van der Waals surface area contributed by atoms with Crippen LogP contribution in [0.2, 0.25) is 0 Å². The number of hydrogen-bond acceptors (Lipinski definition) is 5. The SMILES string of the molecule is CCOC(=O)[C@@H](C)CC(=O)CCC(C)c1ccc(O)cc1O. The Morgan fingerprint density at radius 1 is 1.23 bits per heavy atom. The van der Waals surface area contributed by atoms with Crippen LogP contribution in [0.4, 0.5) is 0 Å². The monoisotopic (exact) mass is 308 g/mol. The topological polar surface area (TPSA) is 83.8 Å². The third-order valence-electron chi connectivity index (χ3n) is 3.62. The maximum atomic E-state index is 11.9. The van der Waals surface area contributed by atoms with Gasteiger partial charge in [0.1, 0.15) is 17.3 Å². The zero-order valence-electron chi connectivity index (χ0n) is 13.3. The predicted octanol–water partition coefficient (Wildman–Crippen LogP) is 3.14. The van der Waals surface area contributed by atoms with Gasteiger partial charge < -0.3 is 14.9 Å². The molecule has 0 heterocycles. The van der Waals surface area contributed by atoms with Gasteiger partial charge in [-0.1, -0.05) is 19.9 Å². The van der Waals surface area contributed by atoms with E-state index in [9.17, 15) is 19.8 Å². The average molecular weight is 308 g/mol. The van der Waals surface area contributed by atoms with Gasteiger partial charge in [-0.25, -0.2) is 0 Å². The van der Waals surface area contributed by atoms with Crippen LogP contribution in [-0.2, 0) is 14.3 Å². The van der Waals surface area contributed by atoms with Crippen LogP contribution < -0.4 is 0 Å².